The van der Waals surface area contributed by atoms with E-state index in [1.165, 1.54) is 100 Å². The van der Waals surface area contributed by atoms with Gasteiger partial charge in [0.15, 0.2) is 0 Å². The van der Waals surface area contributed by atoms with E-state index in [-0.39, 0.29) is 10.8 Å². The van der Waals surface area contributed by atoms with Crippen molar-refractivity contribution in [1.29, 1.82) is 0 Å². The zero-order valence-corrected chi connectivity index (χ0v) is 41.5. The van der Waals surface area contributed by atoms with Gasteiger partial charge in [0.05, 0.1) is 9.52 Å². The predicted molar refractivity (Wildman–Crippen MR) is 263 cm³/mol. The largest absolute Gasteiger partial charge is 0.184 e. The second kappa shape index (κ2) is 20.9. The van der Waals surface area contributed by atoms with Gasteiger partial charge in [0, 0.05) is 0 Å². The molecule has 1 aliphatic heterocycles. The van der Waals surface area contributed by atoms with Gasteiger partial charge in [-0.15, -0.1) is 74.6 Å². The minimum Gasteiger partial charge on any atom is -0.184 e. The van der Waals surface area contributed by atoms with Crippen LogP contribution in [0.5, 0.6) is 0 Å². The fourth-order valence-corrected chi connectivity index (χ4v) is 9.38. The van der Waals surface area contributed by atoms with Crippen LogP contribution in [0.4, 0.5) is 0 Å². The third kappa shape index (κ3) is 11.0. The summed E-state index contributed by atoms with van der Waals surface area (Å²) in [5.74, 6) is 0. The molecule has 9 rings (SSSR count). The molecule has 60 heavy (non-hydrogen) atoms. The molecule has 0 unspecified atom stereocenters. The average Bonchev–Trinajstić information content (AvgIpc) is 3.98. The van der Waals surface area contributed by atoms with E-state index in [4.69, 9.17) is 17.0 Å². The summed E-state index contributed by atoms with van der Waals surface area (Å²) in [6.07, 6.45) is 4.64. The van der Waals surface area contributed by atoms with Crippen molar-refractivity contribution in [3.8, 4) is 33.4 Å². The van der Waals surface area contributed by atoms with E-state index in [2.05, 4.69) is 207 Å². The molecule has 0 saturated heterocycles. The molecular weight excluding hydrogens is 863 g/mol. The summed E-state index contributed by atoms with van der Waals surface area (Å²) in [5.41, 5.74) is 14.4. The van der Waals surface area contributed by atoms with Crippen LogP contribution in [0.25, 0.3) is 54.9 Å². The molecule has 0 amide bonds. The van der Waals surface area contributed by atoms with E-state index in [1.54, 1.807) is 0 Å². The van der Waals surface area contributed by atoms with Gasteiger partial charge in [0.1, 0.15) is 0 Å². The van der Waals surface area contributed by atoms with Gasteiger partial charge in [0.2, 0.25) is 0 Å². The van der Waals surface area contributed by atoms with E-state index in [1.807, 2.05) is 6.07 Å². The summed E-state index contributed by atoms with van der Waals surface area (Å²) in [6, 6.07) is 58.7. The first-order valence-electron chi connectivity index (χ1n) is 21.3. The molecule has 0 N–H and O–H groups in total. The van der Waals surface area contributed by atoms with Gasteiger partial charge < -0.3 is 0 Å². The molecule has 1 aliphatic rings. The standard InChI is InChI=1S/2C22H25.C12H7Si.2ClH.Zr/c2*1-5-9-16-10-6-7-12-19(16)20-13-8-11-17-14-18(15-21(17)20)22(2,3)4;1-3-7-11-9(5-1)10-6-2-4-8-12(10)13-11;;;/h2*6-8,10-15H,5,9H2,1-4H3;1-7H;2*1H;/q3*-1;;;+2/p-2. The summed E-state index contributed by atoms with van der Waals surface area (Å²) in [4.78, 5) is 0. The summed E-state index contributed by atoms with van der Waals surface area (Å²) in [6.45, 7) is 18.2. The maximum absolute atomic E-state index is 4.93. The molecule has 4 heteroatoms. The minimum absolute atomic E-state index is 0.194. The average molecular weight is 920 g/mol. The molecule has 1 heterocycles. The van der Waals surface area contributed by atoms with Crippen LogP contribution in [-0.2, 0) is 44.5 Å². The smallest absolute Gasteiger partial charge is 0.0920 e. The number of fused-ring (bicyclic) bond motifs is 5. The Morgan fingerprint density at radius 3 is 1.40 bits per heavy atom. The van der Waals surface area contributed by atoms with E-state index < -0.39 is 20.8 Å². The van der Waals surface area contributed by atoms with Crippen LogP contribution in [0, 0.1) is 6.07 Å². The van der Waals surface area contributed by atoms with Crippen molar-refractivity contribution in [1.82, 2.24) is 0 Å². The Morgan fingerprint density at radius 1 is 0.517 bits per heavy atom. The zero-order valence-electron chi connectivity index (χ0n) is 36.5. The molecule has 306 valence electrons. The predicted octanol–water partition coefficient (Wildman–Crippen LogP) is 15.5. The molecule has 0 bridgehead atoms. The maximum Gasteiger partial charge on any atom is 0.0920 e. The van der Waals surface area contributed by atoms with Crippen molar-refractivity contribution in [2.24, 2.45) is 0 Å². The molecule has 0 aliphatic carbocycles. The first kappa shape index (κ1) is 45.7. The Labute approximate surface area is 381 Å². The topological polar surface area (TPSA) is 0 Å². The summed E-state index contributed by atoms with van der Waals surface area (Å²) < 4.78 is 0. The van der Waals surface area contributed by atoms with Crippen molar-refractivity contribution < 1.29 is 20.8 Å². The number of benzene rings is 6. The first-order valence-corrected chi connectivity index (χ1v) is 28.6. The fourth-order valence-electron chi connectivity index (χ4n) is 8.07. The molecule has 0 spiro atoms. The van der Waals surface area contributed by atoms with Gasteiger partial charge in [-0.25, -0.2) is 0 Å². The van der Waals surface area contributed by atoms with Crippen LogP contribution in [0.3, 0.4) is 0 Å². The van der Waals surface area contributed by atoms with Gasteiger partial charge in [0.25, 0.3) is 0 Å². The normalized spacial score (nSPS) is 11.7. The monoisotopic (exact) mass is 917 g/mol. The summed E-state index contributed by atoms with van der Waals surface area (Å²) in [5, 5.41) is 8.30. The number of hydrogen-bond donors (Lipinski definition) is 0. The first-order chi connectivity index (χ1) is 28.9. The summed E-state index contributed by atoms with van der Waals surface area (Å²) in [7, 11) is 10.7. The Morgan fingerprint density at radius 2 is 0.933 bits per heavy atom. The third-order valence-electron chi connectivity index (χ3n) is 11.2. The molecule has 2 radical (unpaired) electrons. The molecule has 0 saturated carbocycles. The second-order valence-corrected chi connectivity index (χ2v) is 22.6. The van der Waals surface area contributed by atoms with Crippen LogP contribution in [0.2, 0.25) is 0 Å². The van der Waals surface area contributed by atoms with Gasteiger partial charge >= 0.3 is 37.9 Å². The van der Waals surface area contributed by atoms with Crippen LogP contribution in [-0.4, -0.2) is 9.52 Å². The second-order valence-electron chi connectivity index (χ2n) is 17.6. The van der Waals surface area contributed by atoms with Gasteiger partial charge in [-0.3, -0.25) is 0 Å². The van der Waals surface area contributed by atoms with E-state index >= 15 is 0 Å². The van der Waals surface area contributed by atoms with Crippen LogP contribution in [0.15, 0.2) is 152 Å². The number of aryl methyl sites for hydroxylation is 2. The van der Waals surface area contributed by atoms with E-state index in [9.17, 15) is 0 Å². The van der Waals surface area contributed by atoms with Crippen molar-refractivity contribution in [3.05, 3.63) is 180 Å². The third-order valence-corrected chi connectivity index (χ3v) is 12.6. The van der Waals surface area contributed by atoms with E-state index in [0.717, 1.165) is 22.4 Å². The molecular formula is C56H57Cl2SiZr-3. The fraction of sp³-hybridized carbons (Fsp3) is 0.250. The SMILES string of the molecule is CCCc1ccccc1-c1cccc2[cH-]c(C(C)(C)C)cc12.CCCc1ccccc1-c1cccc2[cH-]c(C(C)(C)C)cc12.[Cl][Zr][Cl].[c-]1cccc2c1[Si]c1ccccc1-2. The van der Waals surface area contributed by atoms with Crippen LogP contribution >= 0.6 is 17.0 Å². The van der Waals surface area contributed by atoms with Crippen molar-refractivity contribution >= 4 is 58.5 Å². The Bertz CT molecular complexity index is 2450. The molecule has 0 nitrogen and oxygen atoms in total. The van der Waals surface area contributed by atoms with Gasteiger partial charge in [-0.05, 0) is 45.9 Å². The van der Waals surface area contributed by atoms with Crippen LogP contribution in [0.1, 0.15) is 90.5 Å². The van der Waals surface area contributed by atoms with Crippen LogP contribution < -0.4 is 10.4 Å². The van der Waals surface area contributed by atoms with E-state index in [0.29, 0.717) is 0 Å². The summed E-state index contributed by atoms with van der Waals surface area (Å²) >= 11 is -0.826. The maximum atomic E-state index is 4.93. The minimum atomic E-state index is -0.826. The quantitative estimate of drug-likeness (QED) is 0.115. The van der Waals surface area contributed by atoms with Gasteiger partial charge in [-0.2, -0.15) is 41.6 Å². The number of rotatable bonds is 6. The molecule has 0 atom stereocenters. The number of halogens is 2. The van der Waals surface area contributed by atoms with Crippen molar-refractivity contribution in [3.63, 3.8) is 0 Å². The van der Waals surface area contributed by atoms with Gasteiger partial charge in [-0.1, -0.05) is 175 Å². The Balaban J connectivity index is 0.000000150. The molecule has 0 aromatic heterocycles. The molecule has 8 aromatic rings. The van der Waals surface area contributed by atoms with Crippen molar-refractivity contribution in [2.45, 2.75) is 91.9 Å². The Kier molecular flexibility index (Phi) is 15.9. The molecule has 8 aromatic carbocycles. The molecule has 0 fully saturated rings. The zero-order chi connectivity index (χ0) is 42.9. The van der Waals surface area contributed by atoms with Crippen molar-refractivity contribution in [2.75, 3.05) is 0 Å². The number of hydrogen-bond acceptors (Lipinski definition) is 0. The Hall–Kier alpha value is -3.78.